The fourth-order valence-corrected chi connectivity index (χ4v) is 0.715. The maximum Gasteiger partial charge on any atom is 0.330 e. The number of ether oxygens (including phenoxy) is 1. The molecule has 0 amide bonds. The molecule has 0 aromatic carbocycles. The fraction of sp³-hybridized carbons (Fsp3) is 0.667. The van der Waals surface area contributed by atoms with Crippen LogP contribution in [0.1, 0.15) is 26.7 Å². The molecule has 0 aromatic rings. The van der Waals surface area contributed by atoms with Gasteiger partial charge in [0, 0.05) is 11.6 Å². The van der Waals surface area contributed by atoms with E-state index >= 15 is 0 Å². The third-order valence-electron chi connectivity index (χ3n) is 1.44. The number of allylic oxidation sites excluding steroid dienone is 1. The van der Waals surface area contributed by atoms with Gasteiger partial charge in [-0.3, -0.25) is 0 Å². The molecule has 0 N–H and O–H groups in total. The highest BCUT2D eigenvalue weighted by atomic mass is 19.3. The third-order valence-corrected chi connectivity index (χ3v) is 1.44. The second kappa shape index (κ2) is 6.57. The van der Waals surface area contributed by atoms with Crippen LogP contribution in [-0.4, -0.2) is 19.0 Å². The van der Waals surface area contributed by atoms with Crippen LogP contribution >= 0.6 is 0 Å². The first-order chi connectivity index (χ1) is 6.11. The normalized spacial score (nSPS) is 11.9. The summed E-state index contributed by atoms with van der Waals surface area (Å²) in [5.41, 5.74) is -0.180. The Morgan fingerprint density at radius 3 is 2.46 bits per heavy atom. The molecule has 0 bridgehead atoms. The zero-order chi connectivity index (χ0) is 10.3. The van der Waals surface area contributed by atoms with E-state index in [1.54, 1.807) is 6.92 Å². The predicted molar refractivity (Wildman–Crippen MR) is 45.6 cm³/mol. The molecule has 0 saturated heterocycles. The van der Waals surface area contributed by atoms with E-state index in [1.165, 1.54) is 0 Å². The lowest BCUT2D eigenvalue weighted by molar-refractivity contribution is -0.137. The first-order valence-corrected chi connectivity index (χ1v) is 4.27. The van der Waals surface area contributed by atoms with Gasteiger partial charge >= 0.3 is 5.97 Å². The minimum atomic E-state index is -2.57. The molecular formula is C9H14F2O2. The van der Waals surface area contributed by atoms with Crippen molar-refractivity contribution in [2.45, 2.75) is 33.1 Å². The first kappa shape index (κ1) is 12.1. The number of hydrogen-bond donors (Lipinski definition) is 0. The van der Waals surface area contributed by atoms with Crippen LogP contribution in [0.4, 0.5) is 8.78 Å². The highest BCUT2D eigenvalue weighted by Crippen LogP contribution is 2.12. The molecule has 0 radical (unpaired) electrons. The zero-order valence-electron chi connectivity index (χ0n) is 7.85. The topological polar surface area (TPSA) is 26.3 Å². The quantitative estimate of drug-likeness (QED) is 0.494. The SMILES string of the molecule is CCCOC(=O)/C=C(\CC)C(F)F. The standard InChI is InChI=1S/C9H14F2O2/c1-3-5-13-8(12)6-7(4-2)9(10)11/h6,9H,3-5H2,1-2H3/b7-6+. The molecule has 0 saturated carbocycles. The van der Waals surface area contributed by atoms with Gasteiger partial charge in [0.15, 0.2) is 0 Å². The Morgan fingerprint density at radius 2 is 2.08 bits per heavy atom. The summed E-state index contributed by atoms with van der Waals surface area (Å²) in [6, 6.07) is 0. The molecule has 76 valence electrons. The van der Waals surface area contributed by atoms with E-state index in [-0.39, 0.29) is 18.6 Å². The van der Waals surface area contributed by atoms with Crippen LogP contribution in [0.5, 0.6) is 0 Å². The maximum absolute atomic E-state index is 12.1. The Bertz CT molecular complexity index is 188. The Hall–Kier alpha value is -0.930. The van der Waals surface area contributed by atoms with Gasteiger partial charge in [0.2, 0.25) is 0 Å². The summed E-state index contributed by atoms with van der Waals surface area (Å²) >= 11 is 0. The highest BCUT2D eigenvalue weighted by Gasteiger charge is 2.10. The van der Waals surface area contributed by atoms with Gasteiger partial charge in [-0.2, -0.15) is 0 Å². The predicted octanol–water partition coefficient (Wildman–Crippen LogP) is 2.54. The molecule has 0 spiro atoms. The van der Waals surface area contributed by atoms with Crippen LogP contribution in [-0.2, 0) is 9.53 Å². The molecule has 0 heterocycles. The minimum absolute atomic E-state index is 0.166. The van der Waals surface area contributed by atoms with Crippen LogP contribution in [0.25, 0.3) is 0 Å². The second-order valence-electron chi connectivity index (χ2n) is 2.54. The van der Waals surface area contributed by atoms with Crippen LogP contribution in [0.2, 0.25) is 0 Å². The monoisotopic (exact) mass is 192 g/mol. The van der Waals surface area contributed by atoms with Gasteiger partial charge in [-0.25, -0.2) is 13.6 Å². The molecule has 0 unspecified atom stereocenters. The molecule has 0 aliphatic rings. The van der Waals surface area contributed by atoms with E-state index in [1.807, 2.05) is 6.92 Å². The minimum Gasteiger partial charge on any atom is -0.463 e. The van der Waals surface area contributed by atoms with Crippen LogP contribution in [0.15, 0.2) is 11.6 Å². The maximum atomic E-state index is 12.1. The summed E-state index contributed by atoms with van der Waals surface area (Å²) in [5.74, 6) is -0.681. The average Bonchev–Trinajstić information content (AvgIpc) is 2.10. The van der Waals surface area contributed by atoms with Gasteiger partial charge in [-0.15, -0.1) is 0 Å². The van der Waals surface area contributed by atoms with E-state index in [0.717, 1.165) is 6.08 Å². The first-order valence-electron chi connectivity index (χ1n) is 4.27. The molecule has 13 heavy (non-hydrogen) atoms. The Labute approximate surface area is 76.6 Å². The molecule has 4 heteroatoms. The van der Waals surface area contributed by atoms with Crippen molar-refractivity contribution in [1.29, 1.82) is 0 Å². The summed E-state index contributed by atoms with van der Waals surface area (Å²) in [7, 11) is 0. The van der Waals surface area contributed by atoms with E-state index in [4.69, 9.17) is 0 Å². The van der Waals surface area contributed by atoms with E-state index in [2.05, 4.69) is 4.74 Å². The number of hydrogen-bond acceptors (Lipinski definition) is 2. The Balaban J connectivity index is 4.09. The van der Waals surface area contributed by atoms with Crippen molar-refractivity contribution in [2.24, 2.45) is 0 Å². The molecular weight excluding hydrogens is 178 g/mol. The van der Waals surface area contributed by atoms with Crippen molar-refractivity contribution in [3.8, 4) is 0 Å². The third kappa shape index (κ3) is 5.33. The number of alkyl halides is 2. The van der Waals surface area contributed by atoms with Crippen molar-refractivity contribution in [1.82, 2.24) is 0 Å². The molecule has 0 aromatic heterocycles. The van der Waals surface area contributed by atoms with Gasteiger partial charge in [0.05, 0.1) is 6.61 Å². The van der Waals surface area contributed by atoms with Gasteiger partial charge in [0.25, 0.3) is 6.43 Å². The summed E-state index contributed by atoms with van der Waals surface area (Å²) in [4.78, 5) is 10.8. The molecule has 0 rings (SSSR count). The van der Waals surface area contributed by atoms with Gasteiger partial charge in [-0.1, -0.05) is 13.8 Å². The van der Waals surface area contributed by atoms with Crippen molar-refractivity contribution < 1.29 is 18.3 Å². The van der Waals surface area contributed by atoms with Crippen LogP contribution < -0.4 is 0 Å². The van der Waals surface area contributed by atoms with Crippen molar-refractivity contribution in [3.63, 3.8) is 0 Å². The van der Waals surface area contributed by atoms with Crippen LogP contribution in [0.3, 0.4) is 0 Å². The molecule has 0 aliphatic carbocycles. The second-order valence-corrected chi connectivity index (χ2v) is 2.54. The highest BCUT2D eigenvalue weighted by molar-refractivity contribution is 5.82. The number of esters is 1. The van der Waals surface area contributed by atoms with E-state index < -0.39 is 12.4 Å². The van der Waals surface area contributed by atoms with Gasteiger partial charge < -0.3 is 4.74 Å². The van der Waals surface area contributed by atoms with Crippen molar-refractivity contribution >= 4 is 5.97 Å². The lowest BCUT2D eigenvalue weighted by Gasteiger charge is -2.02. The molecule has 2 nitrogen and oxygen atoms in total. The van der Waals surface area contributed by atoms with Crippen molar-refractivity contribution in [2.75, 3.05) is 6.61 Å². The average molecular weight is 192 g/mol. The lowest BCUT2D eigenvalue weighted by Crippen LogP contribution is -2.05. The summed E-state index contributed by atoms with van der Waals surface area (Å²) < 4.78 is 28.8. The summed E-state index contributed by atoms with van der Waals surface area (Å²) in [6.45, 7) is 3.69. The van der Waals surface area contributed by atoms with Crippen LogP contribution in [0, 0.1) is 0 Å². The molecule has 0 fully saturated rings. The fourth-order valence-electron chi connectivity index (χ4n) is 0.715. The number of carbonyl (C=O) groups is 1. The Morgan fingerprint density at radius 1 is 1.46 bits per heavy atom. The Kier molecular flexibility index (Phi) is 6.10. The summed E-state index contributed by atoms with van der Waals surface area (Å²) in [6.07, 6.45) is -0.839. The largest absolute Gasteiger partial charge is 0.463 e. The number of halogens is 2. The smallest absolute Gasteiger partial charge is 0.330 e. The van der Waals surface area contributed by atoms with E-state index in [9.17, 15) is 13.6 Å². The number of rotatable bonds is 5. The number of carbonyl (C=O) groups excluding carboxylic acids is 1. The zero-order valence-corrected chi connectivity index (χ0v) is 7.85. The van der Waals surface area contributed by atoms with E-state index in [0.29, 0.717) is 6.42 Å². The summed E-state index contributed by atoms with van der Waals surface area (Å²) in [5, 5.41) is 0. The van der Waals surface area contributed by atoms with Gasteiger partial charge in [-0.05, 0) is 12.8 Å². The molecule has 0 aliphatic heterocycles. The van der Waals surface area contributed by atoms with Gasteiger partial charge in [0.1, 0.15) is 0 Å². The molecule has 0 atom stereocenters. The van der Waals surface area contributed by atoms with Crippen molar-refractivity contribution in [3.05, 3.63) is 11.6 Å². The lowest BCUT2D eigenvalue weighted by atomic mass is 10.2.